The van der Waals surface area contributed by atoms with Gasteiger partial charge in [-0.2, -0.15) is 0 Å². The van der Waals surface area contributed by atoms with Crippen LogP contribution < -0.4 is 0 Å². The summed E-state index contributed by atoms with van der Waals surface area (Å²) in [6.45, 7) is 1.72. The molecule has 2 aliphatic rings. The second-order valence-electron chi connectivity index (χ2n) is 6.76. The molecule has 0 bridgehead atoms. The average Bonchev–Trinajstić information content (AvgIpc) is 3.24. The van der Waals surface area contributed by atoms with Gasteiger partial charge in [-0.25, -0.2) is 4.98 Å². The zero-order chi connectivity index (χ0) is 15.6. The summed E-state index contributed by atoms with van der Waals surface area (Å²) in [6, 6.07) is 8.16. The fourth-order valence-electron chi connectivity index (χ4n) is 3.79. The number of carbonyl (C=O) groups is 1. The minimum absolute atomic E-state index is 0.324. The number of amides is 1. The molecular weight excluding hydrogens is 286 g/mol. The molecule has 1 aromatic carbocycles. The molecule has 23 heavy (non-hydrogen) atoms. The Labute approximate surface area is 136 Å². The monoisotopic (exact) mass is 309 g/mol. The molecule has 1 unspecified atom stereocenters. The van der Waals surface area contributed by atoms with Crippen molar-refractivity contribution >= 4 is 16.9 Å². The van der Waals surface area contributed by atoms with Crippen LogP contribution in [0.1, 0.15) is 43.8 Å². The summed E-state index contributed by atoms with van der Waals surface area (Å²) in [5.41, 5.74) is 2.14. The first kappa shape index (κ1) is 14.5. The first-order chi connectivity index (χ1) is 11.3. The van der Waals surface area contributed by atoms with Gasteiger partial charge in [0.1, 0.15) is 5.82 Å². The third-order valence-corrected chi connectivity index (χ3v) is 5.19. The molecule has 1 atom stereocenters. The van der Waals surface area contributed by atoms with Crippen molar-refractivity contribution in [2.75, 3.05) is 13.1 Å². The molecule has 1 aliphatic heterocycles. The number of hydrogen-bond donors (Lipinski definition) is 1. The van der Waals surface area contributed by atoms with E-state index in [1.165, 1.54) is 0 Å². The van der Waals surface area contributed by atoms with Crippen LogP contribution in [0.15, 0.2) is 36.4 Å². The Kier molecular flexibility index (Phi) is 3.90. The number of H-pyrrole nitrogens is 1. The van der Waals surface area contributed by atoms with E-state index in [9.17, 15) is 4.79 Å². The largest absolute Gasteiger partial charge is 0.343 e. The zero-order valence-electron chi connectivity index (χ0n) is 13.4. The smallest absolute Gasteiger partial charge is 0.223 e. The lowest BCUT2D eigenvalue weighted by molar-refractivity contribution is -0.132. The predicted octanol–water partition coefficient (Wildman–Crippen LogP) is 3.63. The molecular formula is C19H23N3O. The Morgan fingerprint density at radius 2 is 2.04 bits per heavy atom. The van der Waals surface area contributed by atoms with Gasteiger partial charge in [0.25, 0.3) is 0 Å². The van der Waals surface area contributed by atoms with Gasteiger partial charge in [0, 0.05) is 25.4 Å². The number of hydrogen-bond acceptors (Lipinski definition) is 2. The van der Waals surface area contributed by atoms with Crippen molar-refractivity contribution in [2.24, 2.45) is 5.92 Å². The highest BCUT2D eigenvalue weighted by Gasteiger charge is 2.26. The Balaban J connectivity index is 1.36. The van der Waals surface area contributed by atoms with E-state index in [1.807, 2.05) is 23.1 Å². The Hall–Kier alpha value is -2.10. The molecule has 120 valence electrons. The highest BCUT2D eigenvalue weighted by molar-refractivity contribution is 5.77. The second kappa shape index (κ2) is 6.19. The van der Waals surface area contributed by atoms with E-state index in [4.69, 9.17) is 4.98 Å². The number of aromatic nitrogens is 2. The van der Waals surface area contributed by atoms with E-state index in [2.05, 4.69) is 23.2 Å². The number of para-hydroxylation sites is 2. The van der Waals surface area contributed by atoms with Crippen molar-refractivity contribution < 1.29 is 4.79 Å². The number of carbonyl (C=O) groups excluding carboxylic acids is 1. The van der Waals surface area contributed by atoms with Crippen molar-refractivity contribution in [2.45, 2.75) is 38.0 Å². The Morgan fingerprint density at radius 3 is 2.78 bits per heavy atom. The van der Waals surface area contributed by atoms with Gasteiger partial charge in [0.2, 0.25) is 5.91 Å². The maximum Gasteiger partial charge on any atom is 0.223 e. The van der Waals surface area contributed by atoms with Crippen LogP contribution in [0.2, 0.25) is 0 Å². The molecule has 1 saturated heterocycles. The van der Waals surface area contributed by atoms with Crippen LogP contribution in [0.25, 0.3) is 11.0 Å². The van der Waals surface area contributed by atoms with Gasteiger partial charge in [-0.3, -0.25) is 4.79 Å². The number of benzene rings is 1. The first-order valence-corrected chi connectivity index (χ1v) is 8.68. The molecule has 0 radical (unpaired) electrons. The van der Waals surface area contributed by atoms with E-state index in [1.54, 1.807) is 0 Å². The average molecular weight is 309 g/mol. The van der Waals surface area contributed by atoms with E-state index in [0.29, 0.717) is 24.2 Å². The molecule has 2 aromatic rings. The van der Waals surface area contributed by atoms with Gasteiger partial charge >= 0.3 is 0 Å². The maximum atomic E-state index is 12.4. The Morgan fingerprint density at radius 1 is 1.22 bits per heavy atom. The van der Waals surface area contributed by atoms with Crippen LogP contribution in [0.3, 0.4) is 0 Å². The molecule has 1 aliphatic carbocycles. The standard InChI is InChI=1S/C19H23N3O/c23-18(13-14-5-1-2-6-14)22-11-9-15(10-12-22)19-20-16-7-3-4-8-17(16)21-19/h1,3-5,7-8,14-15H,2,6,9-13H2,(H,20,21). The Bertz CT molecular complexity index is 692. The third kappa shape index (κ3) is 3.03. The topological polar surface area (TPSA) is 49.0 Å². The summed E-state index contributed by atoms with van der Waals surface area (Å²) >= 11 is 0. The summed E-state index contributed by atoms with van der Waals surface area (Å²) < 4.78 is 0. The quantitative estimate of drug-likeness (QED) is 0.880. The van der Waals surface area contributed by atoms with Crippen LogP contribution in [0.4, 0.5) is 0 Å². The minimum Gasteiger partial charge on any atom is -0.343 e. The molecule has 4 nitrogen and oxygen atoms in total. The van der Waals surface area contributed by atoms with Gasteiger partial charge in [-0.15, -0.1) is 0 Å². The number of likely N-dealkylation sites (tertiary alicyclic amines) is 1. The minimum atomic E-state index is 0.324. The highest BCUT2D eigenvalue weighted by atomic mass is 16.2. The summed E-state index contributed by atoms with van der Waals surface area (Å²) in [5, 5.41) is 0. The normalized spacial score (nSPS) is 22.1. The first-order valence-electron chi connectivity index (χ1n) is 8.68. The van der Waals surface area contributed by atoms with Crippen LogP contribution in [-0.4, -0.2) is 33.9 Å². The van der Waals surface area contributed by atoms with Gasteiger partial charge < -0.3 is 9.88 Å². The van der Waals surface area contributed by atoms with E-state index >= 15 is 0 Å². The zero-order valence-corrected chi connectivity index (χ0v) is 13.4. The molecule has 4 heteroatoms. The van der Waals surface area contributed by atoms with E-state index in [0.717, 1.165) is 55.6 Å². The summed E-state index contributed by atoms with van der Waals surface area (Å²) in [7, 11) is 0. The van der Waals surface area contributed by atoms with Crippen LogP contribution in [0.5, 0.6) is 0 Å². The van der Waals surface area contributed by atoms with Crippen molar-refractivity contribution in [1.82, 2.24) is 14.9 Å². The third-order valence-electron chi connectivity index (χ3n) is 5.19. The van der Waals surface area contributed by atoms with E-state index < -0.39 is 0 Å². The molecule has 0 saturated carbocycles. The number of nitrogens with zero attached hydrogens (tertiary/aromatic N) is 2. The second-order valence-corrected chi connectivity index (χ2v) is 6.76. The number of fused-ring (bicyclic) bond motifs is 1. The lowest BCUT2D eigenvalue weighted by atomic mass is 9.95. The summed E-state index contributed by atoms with van der Waals surface area (Å²) in [5.74, 6) is 2.31. The molecule has 4 rings (SSSR count). The SMILES string of the molecule is O=C(CC1C=CCC1)N1CCC(c2nc3ccccc3[nH]2)CC1. The predicted molar refractivity (Wildman–Crippen MR) is 91.1 cm³/mol. The molecule has 1 amide bonds. The van der Waals surface area contributed by atoms with Crippen LogP contribution in [-0.2, 0) is 4.79 Å². The summed E-state index contributed by atoms with van der Waals surface area (Å²) in [6.07, 6.45) is 9.38. The molecule has 1 fully saturated rings. The number of rotatable bonds is 3. The van der Waals surface area contributed by atoms with Crippen molar-refractivity contribution in [3.63, 3.8) is 0 Å². The van der Waals surface area contributed by atoms with Crippen LogP contribution in [0, 0.1) is 5.92 Å². The lowest BCUT2D eigenvalue weighted by Crippen LogP contribution is -2.38. The van der Waals surface area contributed by atoms with E-state index in [-0.39, 0.29) is 0 Å². The number of aromatic amines is 1. The van der Waals surface area contributed by atoms with Crippen LogP contribution >= 0.6 is 0 Å². The molecule has 2 heterocycles. The fourth-order valence-corrected chi connectivity index (χ4v) is 3.79. The molecule has 0 spiro atoms. The number of nitrogens with one attached hydrogen (secondary N) is 1. The number of imidazole rings is 1. The maximum absolute atomic E-state index is 12.4. The summed E-state index contributed by atoms with van der Waals surface area (Å²) in [4.78, 5) is 22.6. The van der Waals surface area contributed by atoms with Gasteiger partial charge in [0.05, 0.1) is 11.0 Å². The van der Waals surface area contributed by atoms with Gasteiger partial charge in [-0.05, 0) is 43.7 Å². The van der Waals surface area contributed by atoms with Gasteiger partial charge in [0.15, 0.2) is 0 Å². The number of allylic oxidation sites excluding steroid dienone is 2. The van der Waals surface area contributed by atoms with Crippen molar-refractivity contribution in [3.8, 4) is 0 Å². The molecule has 1 N–H and O–H groups in total. The van der Waals surface area contributed by atoms with Crippen molar-refractivity contribution in [1.29, 1.82) is 0 Å². The van der Waals surface area contributed by atoms with Gasteiger partial charge in [-0.1, -0.05) is 24.3 Å². The van der Waals surface area contributed by atoms with Crippen molar-refractivity contribution in [3.05, 3.63) is 42.2 Å². The fraction of sp³-hybridized carbons (Fsp3) is 0.474. The number of piperidine rings is 1. The lowest BCUT2D eigenvalue weighted by Gasteiger charge is -2.31. The molecule has 1 aromatic heterocycles. The highest BCUT2D eigenvalue weighted by Crippen LogP contribution is 2.29.